The van der Waals surface area contributed by atoms with E-state index in [0.29, 0.717) is 12.0 Å². The normalized spacial score (nSPS) is 18.9. The third kappa shape index (κ3) is 10.5. The number of hydrogen-bond donors (Lipinski definition) is 4. The van der Waals surface area contributed by atoms with Crippen molar-refractivity contribution in [3.63, 3.8) is 0 Å². The highest BCUT2D eigenvalue weighted by Gasteiger charge is 2.47. The molecule has 1 saturated heterocycles. The monoisotopic (exact) mass is 747 g/mol. The minimum Gasteiger partial charge on any atom is -0.389 e. The van der Waals surface area contributed by atoms with Crippen LogP contribution in [0.25, 0.3) is 10.8 Å². The molecule has 1 aliphatic rings. The van der Waals surface area contributed by atoms with Crippen molar-refractivity contribution >= 4 is 32.4 Å². The number of carbonyl (C=O) groups is 2. The Bertz CT molecular complexity index is 1760. The molecule has 4 rings (SSSR count). The van der Waals surface area contributed by atoms with Gasteiger partial charge in [-0.05, 0) is 80.8 Å². The number of sulfone groups is 1. The number of amides is 2. The van der Waals surface area contributed by atoms with Gasteiger partial charge in [-0.2, -0.15) is 13.2 Å². The molecular formula is C39H52F3N3O6S. The third-order valence-electron chi connectivity index (χ3n) is 9.91. The number of carbonyl (C=O) groups excluding carboxylic acids is 2. The number of nitrogens with zero attached hydrogens (tertiary/aromatic N) is 1. The second kappa shape index (κ2) is 17.1. The van der Waals surface area contributed by atoms with Gasteiger partial charge in [0.15, 0.2) is 9.84 Å². The zero-order valence-electron chi connectivity index (χ0n) is 30.4. The number of fused-ring (bicyclic) bond motifs is 1. The Morgan fingerprint density at radius 3 is 2.15 bits per heavy atom. The first-order chi connectivity index (χ1) is 24.3. The molecule has 0 spiro atoms. The minimum atomic E-state index is -4.49. The van der Waals surface area contributed by atoms with Crippen LogP contribution in [0.1, 0.15) is 58.6 Å². The highest BCUT2D eigenvalue weighted by Crippen LogP contribution is 2.33. The summed E-state index contributed by atoms with van der Waals surface area (Å²) in [5, 5.41) is 29.8. The number of hydrogen-bond acceptors (Lipinski definition) is 7. The van der Waals surface area contributed by atoms with E-state index in [9.17, 15) is 41.4 Å². The zero-order valence-corrected chi connectivity index (χ0v) is 31.3. The lowest BCUT2D eigenvalue weighted by atomic mass is 9.93. The van der Waals surface area contributed by atoms with Gasteiger partial charge in [0.05, 0.1) is 28.6 Å². The molecule has 3 aromatic carbocycles. The van der Waals surface area contributed by atoms with Crippen molar-refractivity contribution in [3.8, 4) is 0 Å². The maximum absolute atomic E-state index is 14.1. The number of aliphatic hydroxyl groups is 2. The maximum atomic E-state index is 14.1. The molecule has 286 valence electrons. The van der Waals surface area contributed by atoms with Crippen LogP contribution in [0.5, 0.6) is 0 Å². The van der Waals surface area contributed by atoms with Crippen LogP contribution in [0.2, 0.25) is 0 Å². The van der Waals surface area contributed by atoms with Crippen molar-refractivity contribution in [1.82, 2.24) is 15.5 Å². The van der Waals surface area contributed by atoms with Gasteiger partial charge in [-0.3, -0.25) is 14.5 Å². The van der Waals surface area contributed by atoms with Crippen molar-refractivity contribution in [1.29, 1.82) is 0 Å². The summed E-state index contributed by atoms with van der Waals surface area (Å²) >= 11 is 0. The first-order valence-electron chi connectivity index (χ1n) is 17.8. The summed E-state index contributed by atoms with van der Waals surface area (Å²) in [4.78, 5) is 29.2. The lowest BCUT2D eigenvalue weighted by Gasteiger charge is -2.34. The molecule has 0 saturated carbocycles. The zero-order chi connectivity index (χ0) is 38.4. The topological polar surface area (TPSA) is 136 Å². The number of likely N-dealkylation sites (tertiary alicyclic amines) is 1. The summed E-state index contributed by atoms with van der Waals surface area (Å²) in [7, 11) is -3.79. The fraction of sp³-hybridized carbons (Fsp3) is 0.538. The summed E-state index contributed by atoms with van der Waals surface area (Å²) in [6, 6.07) is 18.0. The number of benzene rings is 3. The van der Waals surface area contributed by atoms with Crippen LogP contribution in [-0.2, 0) is 32.3 Å². The van der Waals surface area contributed by atoms with E-state index in [1.807, 2.05) is 42.5 Å². The van der Waals surface area contributed by atoms with Crippen molar-refractivity contribution in [2.24, 2.45) is 11.8 Å². The molecule has 3 aromatic rings. The van der Waals surface area contributed by atoms with Crippen LogP contribution in [-0.4, -0.2) is 95.4 Å². The molecule has 1 fully saturated rings. The largest absolute Gasteiger partial charge is 0.404 e. The van der Waals surface area contributed by atoms with Gasteiger partial charge in [-0.15, -0.1) is 0 Å². The molecule has 1 heterocycles. The van der Waals surface area contributed by atoms with Gasteiger partial charge in [0.25, 0.3) is 0 Å². The molecule has 52 heavy (non-hydrogen) atoms. The van der Waals surface area contributed by atoms with Gasteiger partial charge in [0.2, 0.25) is 11.8 Å². The Hall–Kier alpha value is -3.52. The quantitative estimate of drug-likeness (QED) is 0.175. The Morgan fingerprint density at radius 2 is 1.52 bits per heavy atom. The van der Waals surface area contributed by atoms with E-state index < -0.39 is 87.0 Å². The lowest BCUT2D eigenvalue weighted by molar-refractivity contribution is -0.180. The van der Waals surface area contributed by atoms with Crippen LogP contribution >= 0.6 is 0 Å². The van der Waals surface area contributed by atoms with Crippen molar-refractivity contribution in [3.05, 3.63) is 83.9 Å². The van der Waals surface area contributed by atoms with Gasteiger partial charge < -0.3 is 20.8 Å². The second-order valence-electron chi connectivity index (χ2n) is 15.2. The molecule has 9 nitrogen and oxygen atoms in total. The van der Waals surface area contributed by atoms with Crippen LogP contribution < -0.4 is 10.6 Å². The van der Waals surface area contributed by atoms with Gasteiger partial charge in [0, 0.05) is 6.54 Å². The third-order valence-corrected chi connectivity index (χ3v) is 12.6. The van der Waals surface area contributed by atoms with Crippen LogP contribution in [0.4, 0.5) is 13.2 Å². The summed E-state index contributed by atoms with van der Waals surface area (Å²) in [6.45, 7) is 7.78. The van der Waals surface area contributed by atoms with E-state index in [4.69, 9.17) is 0 Å². The number of aliphatic hydroxyl groups excluding tert-OH is 2. The Labute approximate surface area is 304 Å². The molecule has 0 bridgehead atoms. The van der Waals surface area contributed by atoms with E-state index >= 15 is 0 Å². The lowest BCUT2D eigenvalue weighted by Crippen LogP contribution is -2.59. The fourth-order valence-corrected chi connectivity index (χ4v) is 8.01. The average molecular weight is 748 g/mol. The summed E-state index contributed by atoms with van der Waals surface area (Å²) in [5.74, 6) is -3.33. The minimum absolute atomic E-state index is 0.0415. The highest BCUT2D eigenvalue weighted by molar-refractivity contribution is 7.92. The van der Waals surface area contributed by atoms with Crippen molar-refractivity contribution in [2.45, 2.75) is 102 Å². The predicted molar refractivity (Wildman–Crippen MR) is 196 cm³/mol. The molecule has 2 amide bonds. The number of nitrogens with one attached hydrogen (secondary N) is 2. The number of β-amino-alcohol motifs (C(OH)–C–C–N with tert-alkyl or cyclic N) is 1. The average Bonchev–Trinajstić information content (AvgIpc) is 3.55. The van der Waals surface area contributed by atoms with Crippen molar-refractivity contribution < 1.29 is 41.4 Å². The SMILES string of the molecule is CC(C)C(NC(=O)C(Cc1cccc2ccccc12)CS(=O)(=O)C(C)(C)C)C(=O)NC(Cc1ccccc1)C(O)C(O)CN1CCCC1C(F)(F)F. The van der Waals surface area contributed by atoms with E-state index in [0.717, 1.165) is 21.2 Å². The fourth-order valence-electron chi connectivity index (χ4n) is 6.71. The Kier molecular flexibility index (Phi) is 13.6. The maximum Gasteiger partial charge on any atom is 0.404 e. The molecule has 1 aliphatic heterocycles. The van der Waals surface area contributed by atoms with Crippen LogP contribution in [0.15, 0.2) is 72.8 Å². The summed E-state index contributed by atoms with van der Waals surface area (Å²) < 4.78 is 66.7. The molecule has 0 aliphatic carbocycles. The molecule has 0 aromatic heterocycles. The first-order valence-corrected chi connectivity index (χ1v) is 19.4. The van der Waals surface area contributed by atoms with Crippen LogP contribution in [0.3, 0.4) is 0 Å². The van der Waals surface area contributed by atoms with Gasteiger partial charge >= 0.3 is 6.18 Å². The first kappa shape index (κ1) is 41.2. The predicted octanol–water partition coefficient (Wildman–Crippen LogP) is 4.83. The number of halogens is 3. The van der Waals surface area contributed by atoms with Crippen LogP contribution in [0, 0.1) is 11.8 Å². The molecule has 13 heteroatoms. The van der Waals surface area contributed by atoms with Gasteiger partial charge in [-0.25, -0.2) is 8.42 Å². The number of alkyl halides is 3. The van der Waals surface area contributed by atoms with Gasteiger partial charge in [-0.1, -0.05) is 86.6 Å². The summed E-state index contributed by atoms with van der Waals surface area (Å²) in [6.07, 6.45) is -7.45. The molecule has 0 radical (unpaired) electrons. The van der Waals surface area contributed by atoms with Gasteiger partial charge in [0.1, 0.15) is 18.2 Å². The van der Waals surface area contributed by atoms with Crippen molar-refractivity contribution in [2.75, 3.05) is 18.8 Å². The molecular weight excluding hydrogens is 696 g/mol. The van der Waals surface area contributed by atoms with E-state index in [-0.39, 0.29) is 25.8 Å². The Morgan fingerprint density at radius 1 is 0.885 bits per heavy atom. The number of rotatable bonds is 15. The van der Waals surface area contributed by atoms with E-state index in [1.165, 1.54) is 0 Å². The standard InChI is InChI=1S/C39H52F3N3O6S/c1-25(2)34(44-36(48)29(24-52(50,51)38(3,4)5)22-28-17-11-16-27-15-9-10-18-30(27)28)37(49)43-31(21-26-13-7-6-8-14-26)35(47)32(46)23-45-20-12-19-33(45)39(40,41)42/h6-11,13-18,25,29,31-35,46-47H,12,19-24H2,1-5H3,(H,43,49)(H,44,48). The Balaban J connectivity index is 1.58. The molecule has 6 atom stereocenters. The van der Waals surface area contributed by atoms with E-state index in [1.54, 1.807) is 65.0 Å². The van der Waals surface area contributed by atoms with E-state index in [2.05, 4.69) is 10.6 Å². The highest BCUT2D eigenvalue weighted by atomic mass is 32.2. The summed E-state index contributed by atoms with van der Waals surface area (Å²) in [5.41, 5.74) is 1.47. The smallest absolute Gasteiger partial charge is 0.389 e. The second-order valence-corrected chi connectivity index (χ2v) is 18.0. The molecule has 4 N–H and O–H groups in total. The molecule has 6 unspecified atom stereocenters.